The molecule has 3 aliphatic rings. The first-order chi connectivity index (χ1) is 46.8. The number of allylic oxidation sites excluding steroid dienone is 11. The summed E-state index contributed by atoms with van der Waals surface area (Å²) in [6, 6.07) is -1.01. The molecule has 0 bridgehead atoms. The Bertz CT molecular complexity index is 2020. The van der Waals surface area contributed by atoms with E-state index in [4.69, 9.17) is 28.4 Å². The van der Waals surface area contributed by atoms with Gasteiger partial charge in [0.15, 0.2) is 18.9 Å². The number of carbonyl (C=O) groups is 1. The number of rotatable bonds is 59. The van der Waals surface area contributed by atoms with Gasteiger partial charge in [-0.15, -0.1) is 0 Å². The lowest BCUT2D eigenvalue weighted by Crippen LogP contribution is -2.66. The summed E-state index contributed by atoms with van der Waals surface area (Å²) in [7, 11) is 0. The van der Waals surface area contributed by atoms with Crippen molar-refractivity contribution in [3.63, 3.8) is 0 Å². The van der Waals surface area contributed by atoms with Crippen molar-refractivity contribution < 1.29 is 89.4 Å². The molecule has 12 N–H and O–H groups in total. The first-order valence-corrected chi connectivity index (χ1v) is 38.2. The molecule has 17 unspecified atom stereocenters. The fraction of sp³-hybridized carbons (Fsp3) is 0.831. The Morgan fingerprint density at radius 1 is 0.375 bits per heavy atom. The molecule has 558 valence electrons. The number of aliphatic hydroxyl groups is 11. The Hall–Kier alpha value is -2.77. The second kappa shape index (κ2) is 57.8. The molecule has 0 spiro atoms. The van der Waals surface area contributed by atoms with E-state index in [1.54, 1.807) is 6.08 Å². The van der Waals surface area contributed by atoms with Gasteiger partial charge >= 0.3 is 0 Å². The van der Waals surface area contributed by atoms with E-state index in [0.29, 0.717) is 12.8 Å². The molecule has 3 aliphatic heterocycles. The minimum Gasteiger partial charge on any atom is -0.394 e. The number of carbonyl (C=O) groups excluding carboxylic acids is 1. The molecule has 19 heteroatoms. The molecule has 17 atom stereocenters. The molecule has 0 radical (unpaired) electrons. The van der Waals surface area contributed by atoms with E-state index in [1.807, 2.05) is 6.08 Å². The highest BCUT2D eigenvalue weighted by Gasteiger charge is 2.53. The number of unbranched alkanes of at least 4 members (excludes halogenated alkanes) is 33. The third-order valence-corrected chi connectivity index (χ3v) is 18.7. The number of hydrogen-bond acceptors (Lipinski definition) is 18. The van der Waals surface area contributed by atoms with Crippen molar-refractivity contribution in [2.45, 2.75) is 381 Å². The maximum atomic E-state index is 13.4. The molecule has 0 aromatic rings. The van der Waals surface area contributed by atoms with Gasteiger partial charge < -0.3 is 89.9 Å². The molecule has 3 fully saturated rings. The minimum absolute atomic E-state index is 0.214. The molecule has 1 amide bonds. The largest absolute Gasteiger partial charge is 0.394 e. The summed E-state index contributed by atoms with van der Waals surface area (Å²) >= 11 is 0. The first-order valence-electron chi connectivity index (χ1n) is 38.2. The summed E-state index contributed by atoms with van der Waals surface area (Å²) in [6.07, 6.45) is 47.5. The van der Waals surface area contributed by atoms with Gasteiger partial charge in [0.2, 0.25) is 5.91 Å². The highest BCUT2D eigenvalue weighted by atomic mass is 16.8. The van der Waals surface area contributed by atoms with Crippen LogP contribution < -0.4 is 5.32 Å². The summed E-state index contributed by atoms with van der Waals surface area (Å²) in [5, 5.41) is 121. The molecule has 3 heterocycles. The fourth-order valence-corrected chi connectivity index (χ4v) is 12.5. The zero-order chi connectivity index (χ0) is 69.6. The lowest BCUT2D eigenvalue weighted by atomic mass is 9.96. The minimum atomic E-state index is -1.99. The van der Waals surface area contributed by atoms with Crippen molar-refractivity contribution in [3.8, 4) is 0 Å². The Balaban J connectivity index is 1.42. The highest BCUT2D eigenvalue weighted by Crippen LogP contribution is 2.33. The van der Waals surface area contributed by atoms with Crippen LogP contribution in [-0.4, -0.2) is 193 Å². The van der Waals surface area contributed by atoms with E-state index < -0.39 is 124 Å². The van der Waals surface area contributed by atoms with Crippen LogP contribution in [0.1, 0.15) is 277 Å². The maximum Gasteiger partial charge on any atom is 0.220 e. The number of aliphatic hydroxyl groups excluding tert-OH is 11. The number of nitrogens with one attached hydrogen (secondary N) is 1. The monoisotopic (exact) mass is 1360 g/mol. The standard InChI is InChI=1S/C77H137NO18/c1-3-5-7-9-11-13-15-17-19-21-23-25-26-27-28-29-30-31-32-33-35-36-38-40-42-44-46-48-50-52-54-61(82)60(78-65(83)55-53-51-49-47-45-43-41-39-37-34-24-22-20-18-16-14-12-10-8-6-4-2)59-91-75-71(89)68(86)73(63(57-80)93-75)96-77-72(90)69(87)74(64(58-81)94-77)95-76-70(88)67(85)66(84)62(56-79)92-76/h16,18,22,24,36-39,44,46,52,54,60-64,66-77,79-82,84-90H,3-15,17,19-21,23,25-35,40-43,45,47-51,53,55-59H2,1-2H3,(H,78,83)/b18-16-,24-22-,38-36+,39-37-,46-44+,54-52+. The van der Waals surface area contributed by atoms with Crippen molar-refractivity contribution in [2.75, 3.05) is 26.4 Å². The van der Waals surface area contributed by atoms with Gasteiger partial charge in [-0.2, -0.15) is 0 Å². The molecule has 0 saturated carbocycles. The van der Waals surface area contributed by atoms with E-state index in [1.165, 1.54) is 167 Å². The number of amides is 1. The molecule has 0 aromatic carbocycles. The van der Waals surface area contributed by atoms with Crippen molar-refractivity contribution in [2.24, 2.45) is 0 Å². The van der Waals surface area contributed by atoms with Gasteiger partial charge in [-0.25, -0.2) is 0 Å². The molecule has 3 rings (SSSR count). The van der Waals surface area contributed by atoms with Crippen LogP contribution in [0.2, 0.25) is 0 Å². The molecular weight excluding hydrogens is 1230 g/mol. The normalized spacial score (nSPS) is 27.4. The van der Waals surface area contributed by atoms with Gasteiger partial charge in [0, 0.05) is 6.42 Å². The molecule has 19 nitrogen and oxygen atoms in total. The van der Waals surface area contributed by atoms with Crippen molar-refractivity contribution in [1.82, 2.24) is 5.32 Å². The van der Waals surface area contributed by atoms with Crippen LogP contribution >= 0.6 is 0 Å². The zero-order valence-electron chi connectivity index (χ0n) is 59.3. The van der Waals surface area contributed by atoms with Crippen LogP contribution in [0.5, 0.6) is 0 Å². The van der Waals surface area contributed by atoms with Crippen molar-refractivity contribution in [1.29, 1.82) is 0 Å². The lowest BCUT2D eigenvalue weighted by molar-refractivity contribution is -0.379. The predicted molar refractivity (Wildman–Crippen MR) is 378 cm³/mol. The van der Waals surface area contributed by atoms with Crippen molar-refractivity contribution in [3.05, 3.63) is 72.9 Å². The topological polar surface area (TPSA) is 307 Å². The number of hydrogen-bond donors (Lipinski definition) is 12. The third kappa shape index (κ3) is 38.3. The summed E-state index contributed by atoms with van der Waals surface area (Å²) in [4.78, 5) is 13.4. The van der Waals surface area contributed by atoms with E-state index in [9.17, 15) is 61.0 Å². The second-order valence-electron chi connectivity index (χ2n) is 27.1. The van der Waals surface area contributed by atoms with E-state index in [2.05, 4.69) is 79.9 Å². The first kappa shape index (κ1) is 87.4. The lowest BCUT2D eigenvalue weighted by Gasteiger charge is -2.48. The summed E-state index contributed by atoms with van der Waals surface area (Å²) in [5.41, 5.74) is 0. The molecule has 3 saturated heterocycles. The molecule has 0 aliphatic carbocycles. The Labute approximate surface area is 578 Å². The Kier molecular flexibility index (Phi) is 52.7. The predicted octanol–water partition coefficient (Wildman–Crippen LogP) is 11.7. The van der Waals surface area contributed by atoms with Gasteiger partial charge in [-0.3, -0.25) is 4.79 Å². The summed E-state index contributed by atoms with van der Waals surface area (Å²) in [5.74, 6) is -0.302. The maximum absolute atomic E-state index is 13.4. The quantitative estimate of drug-likeness (QED) is 0.0199. The third-order valence-electron chi connectivity index (χ3n) is 18.7. The van der Waals surface area contributed by atoms with Crippen LogP contribution in [0.25, 0.3) is 0 Å². The summed E-state index contributed by atoms with van der Waals surface area (Å²) in [6.45, 7) is 1.70. The van der Waals surface area contributed by atoms with Crippen LogP contribution in [0.4, 0.5) is 0 Å². The van der Waals surface area contributed by atoms with Crippen LogP contribution in [0, 0.1) is 0 Å². The SMILES string of the molecule is CCCCCCC/C=C\C/C=C\C/C=C\CCCCCCCCC(=O)NC(COC1OC(CO)C(OC2OC(CO)C(OC3OC(CO)C(O)C(O)C3O)C(O)C2O)C(O)C1O)C(O)/C=C/CC/C=C/CC/C=C/CCCCCCCCCCCCCCCCCCCCCC. The van der Waals surface area contributed by atoms with Crippen LogP contribution in [0.3, 0.4) is 0 Å². The smallest absolute Gasteiger partial charge is 0.220 e. The van der Waals surface area contributed by atoms with Gasteiger partial charge in [0.25, 0.3) is 0 Å². The van der Waals surface area contributed by atoms with Crippen LogP contribution in [-0.2, 0) is 33.2 Å². The van der Waals surface area contributed by atoms with E-state index in [-0.39, 0.29) is 18.9 Å². The summed E-state index contributed by atoms with van der Waals surface area (Å²) < 4.78 is 34.4. The zero-order valence-corrected chi connectivity index (χ0v) is 59.3. The number of ether oxygens (including phenoxy) is 6. The second-order valence-corrected chi connectivity index (χ2v) is 27.1. The molecule has 0 aromatic heterocycles. The molecular formula is C77H137NO18. The van der Waals surface area contributed by atoms with Gasteiger partial charge in [0.1, 0.15) is 73.2 Å². The van der Waals surface area contributed by atoms with E-state index >= 15 is 0 Å². The average Bonchev–Trinajstić information content (AvgIpc) is 0.785. The Morgan fingerprint density at radius 2 is 0.698 bits per heavy atom. The van der Waals surface area contributed by atoms with Gasteiger partial charge in [-0.1, -0.05) is 260 Å². The van der Waals surface area contributed by atoms with E-state index in [0.717, 1.165) is 77.0 Å². The Morgan fingerprint density at radius 3 is 1.11 bits per heavy atom. The van der Waals surface area contributed by atoms with Crippen molar-refractivity contribution >= 4 is 5.91 Å². The molecule has 96 heavy (non-hydrogen) atoms. The van der Waals surface area contributed by atoms with Gasteiger partial charge in [0.05, 0.1) is 38.6 Å². The average molecular weight is 1360 g/mol. The van der Waals surface area contributed by atoms with Crippen LogP contribution in [0.15, 0.2) is 72.9 Å². The van der Waals surface area contributed by atoms with Gasteiger partial charge in [-0.05, 0) is 83.5 Å². The fourth-order valence-electron chi connectivity index (χ4n) is 12.5. The highest BCUT2D eigenvalue weighted by molar-refractivity contribution is 5.76.